The molecule has 2 aromatic rings. The van der Waals surface area contributed by atoms with Crippen LogP contribution in [0.3, 0.4) is 0 Å². The first-order valence-corrected chi connectivity index (χ1v) is 10.1. The second kappa shape index (κ2) is 8.25. The van der Waals surface area contributed by atoms with Crippen LogP contribution in [0.15, 0.2) is 48.5 Å². The van der Waals surface area contributed by atoms with Gasteiger partial charge in [0.25, 0.3) is 5.91 Å². The third-order valence-electron chi connectivity index (χ3n) is 5.44. The lowest BCUT2D eigenvalue weighted by Crippen LogP contribution is -2.60. The average Bonchev–Trinajstić information content (AvgIpc) is 2.74. The Morgan fingerprint density at radius 2 is 1.76 bits per heavy atom. The fourth-order valence-corrected chi connectivity index (χ4v) is 4.01. The SMILES string of the molecule is O=C(Nc1ccc(Cl)cc1)c1ccc(CN2CC(=O)N3CCCCC3C2=O)cc1. The molecule has 150 valence electrons. The summed E-state index contributed by atoms with van der Waals surface area (Å²) in [5.74, 6) is -0.178. The first kappa shape index (κ1) is 19.5. The number of carbonyl (C=O) groups excluding carboxylic acids is 3. The number of amides is 3. The Bertz CT molecular complexity index is 927. The number of carbonyl (C=O) groups is 3. The fourth-order valence-electron chi connectivity index (χ4n) is 3.88. The van der Waals surface area contributed by atoms with Crippen molar-refractivity contribution in [2.75, 3.05) is 18.4 Å². The van der Waals surface area contributed by atoms with E-state index in [1.165, 1.54) is 0 Å². The molecule has 2 aliphatic heterocycles. The molecule has 3 amide bonds. The lowest BCUT2D eigenvalue weighted by molar-refractivity contribution is -0.158. The molecule has 0 aromatic heterocycles. The summed E-state index contributed by atoms with van der Waals surface area (Å²) in [6.45, 7) is 1.17. The predicted octanol–water partition coefficient (Wildman–Crippen LogP) is 3.32. The van der Waals surface area contributed by atoms with Crippen molar-refractivity contribution in [3.05, 3.63) is 64.7 Å². The molecule has 2 aliphatic rings. The molecule has 0 aliphatic carbocycles. The van der Waals surface area contributed by atoms with E-state index in [-0.39, 0.29) is 30.3 Å². The Balaban J connectivity index is 1.40. The smallest absolute Gasteiger partial charge is 0.255 e. The van der Waals surface area contributed by atoms with E-state index in [9.17, 15) is 14.4 Å². The summed E-state index contributed by atoms with van der Waals surface area (Å²) in [5.41, 5.74) is 2.07. The van der Waals surface area contributed by atoms with Crippen LogP contribution in [-0.4, -0.2) is 46.7 Å². The van der Waals surface area contributed by atoms with Crippen molar-refractivity contribution in [2.24, 2.45) is 0 Å². The largest absolute Gasteiger partial charge is 0.329 e. The Labute approximate surface area is 174 Å². The number of fused-ring (bicyclic) bond motifs is 1. The van der Waals surface area contributed by atoms with Gasteiger partial charge in [0, 0.05) is 29.4 Å². The summed E-state index contributed by atoms with van der Waals surface area (Å²) in [6.07, 6.45) is 2.69. The normalized spacial score (nSPS) is 19.1. The van der Waals surface area contributed by atoms with Crippen LogP contribution in [0.2, 0.25) is 5.02 Å². The number of anilines is 1. The summed E-state index contributed by atoms with van der Waals surface area (Å²) in [4.78, 5) is 40.9. The van der Waals surface area contributed by atoms with E-state index < -0.39 is 0 Å². The molecule has 0 radical (unpaired) electrons. The topological polar surface area (TPSA) is 69.7 Å². The van der Waals surface area contributed by atoms with Crippen molar-refractivity contribution in [1.29, 1.82) is 0 Å². The molecular formula is C22H22ClN3O3. The van der Waals surface area contributed by atoms with E-state index in [2.05, 4.69) is 5.32 Å². The van der Waals surface area contributed by atoms with Gasteiger partial charge in [-0.3, -0.25) is 14.4 Å². The predicted molar refractivity (Wildman–Crippen MR) is 111 cm³/mol. The summed E-state index contributed by atoms with van der Waals surface area (Å²) in [6, 6.07) is 13.7. The molecule has 6 nitrogen and oxygen atoms in total. The lowest BCUT2D eigenvalue weighted by Gasteiger charge is -2.42. The monoisotopic (exact) mass is 411 g/mol. The highest BCUT2D eigenvalue weighted by atomic mass is 35.5. The number of rotatable bonds is 4. The molecule has 1 unspecified atom stereocenters. The highest BCUT2D eigenvalue weighted by molar-refractivity contribution is 6.30. The highest BCUT2D eigenvalue weighted by Gasteiger charge is 2.40. The Hall–Kier alpha value is -2.86. The number of halogens is 1. The minimum absolute atomic E-state index is 0.0215. The molecular weight excluding hydrogens is 390 g/mol. The summed E-state index contributed by atoms with van der Waals surface area (Å²) >= 11 is 5.86. The minimum Gasteiger partial charge on any atom is -0.329 e. The van der Waals surface area contributed by atoms with E-state index in [0.29, 0.717) is 29.4 Å². The number of piperidine rings is 1. The second-order valence-corrected chi connectivity index (χ2v) is 7.89. The van der Waals surface area contributed by atoms with Gasteiger partial charge in [-0.2, -0.15) is 0 Å². The molecule has 2 fully saturated rings. The first-order valence-electron chi connectivity index (χ1n) is 9.75. The number of hydrogen-bond acceptors (Lipinski definition) is 3. The molecule has 7 heteroatoms. The number of benzene rings is 2. The maximum atomic E-state index is 12.8. The van der Waals surface area contributed by atoms with Gasteiger partial charge in [-0.1, -0.05) is 23.7 Å². The van der Waals surface area contributed by atoms with Gasteiger partial charge >= 0.3 is 0 Å². The molecule has 4 rings (SSSR count). The highest BCUT2D eigenvalue weighted by Crippen LogP contribution is 2.24. The molecule has 29 heavy (non-hydrogen) atoms. The summed E-state index contributed by atoms with van der Waals surface area (Å²) in [5, 5.41) is 3.42. The van der Waals surface area contributed by atoms with Crippen LogP contribution in [0.1, 0.15) is 35.2 Å². The molecule has 2 aromatic carbocycles. The first-order chi connectivity index (χ1) is 14.0. The zero-order valence-electron chi connectivity index (χ0n) is 15.9. The fraction of sp³-hybridized carbons (Fsp3) is 0.318. The van der Waals surface area contributed by atoms with Crippen LogP contribution in [0.25, 0.3) is 0 Å². The average molecular weight is 412 g/mol. The number of nitrogens with one attached hydrogen (secondary N) is 1. The lowest BCUT2D eigenvalue weighted by atomic mass is 9.98. The van der Waals surface area contributed by atoms with Gasteiger partial charge in [-0.25, -0.2) is 0 Å². The standard InChI is InChI=1S/C22H22ClN3O3/c23-17-8-10-18(11-9-17)24-21(28)16-6-4-15(5-7-16)13-25-14-20(27)26-12-2-1-3-19(26)22(25)29/h4-11,19H,1-3,12-14H2,(H,24,28). The van der Waals surface area contributed by atoms with Crippen LogP contribution in [0.4, 0.5) is 5.69 Å². The van der Waals surface area contributed by atoms with Crippen molar-refractivity contribution < 1.29 is 14.4 Å². The Morgan fingerprint density at radius 1 is 1.03 bits per heavy atom. The van der Waals surface area contributed by atoms with Crippen LogP contribution >= 0.6 is 11.6 Å². The van der Waals surface area contributed by atoms with Gasteiger partial charge in [-0.15, -0.1) is 0 Å². The molecule has 0 spiro atoms. The van der Waals surface area contributed by atoms with Crippen molar-refractivity contribution in [2.45, 2.75) is 31.8 Å². The second-order valence-electron chi connectivity index (χ2n) is 7.45. The maximum Gasteiger partial charge on any atom is 0.255 e. The molecule has 1 atom stereocenters. The quantitative estimate of drug-likeness (QED) is 0.839. The third-order valence-corrected chi connectivity index (χ3v) is 5.69. The molecule has 0 saturated carbocycles. The molecule has 2 saturated heterocycles. The van der Waals surface area contributed by atoms with Gasteiger partial charge in [0.1, 0.15) is 12.6 Å². The van der Waals surface area contributed by atoms with Crippen LogP contribution in [-0.2, 0) is 16.1 Å². The third kappa shape index (κ3) is 4.27. The molecule has 1 N–H and O–H groups in total. The van der Waals surface area contributed by atoms with E-state index in [1.54, 1.807) is 46.2 Å². The van der Waals surface area contributed by atoms with Gasteiger partial charge in [0.05, 0.1) is 0 Å². The molecule has 0 bridgehead atoms. The van der Waals surface area contributed by atoms with Crippen molar-refractivity contribution >= 4 is 35.0 Å². The molecule has 2 heterocycles. The van der Waals surface area contributed by atoms with Gasteiger partial charge < -0.3 is 15.1 Å². The van der Waals surface area contributed by atoms with E-state index in [1.807, 2.05) is 12.1 Å². The maximum absolute atomic E-state index is 12.8. The van der Waals surface area contributed by atoms with E-state index in [4.69, 9.17) is 11.6 Å². The number of hydrogen-bond donors (Lipinski definition) is 1. The van der Waals surface area contributed by atoms with Crippen LogP contribution in [0.5, 0.6) is 0 Å². The van der Waals surface area contributed by atoms with E-state index in [0.717, 1.165) is 24.8 Å². The van der Waals surface area contributed by atoms with Gasteiger partial charge in [-0.05, 0) is 61.2 Å². The van der Waals surface area contributed by atoms with Gasteiger partial charge in [0.15, 0.2) is 0 Å². The number of piperazine rings is 1. The van der Waals surface area contributed by atoms with Crippen LogP contribution in [0, 0.1) is 0 Å². The minimum atomic E-state index is -0.311. The van der Waals surface area contributed by atoms with Crippen molar-refractivity contribution in [3.8, 4) is 0 Å². The van der Waals surface area contributed by atoms with E-state index >= 15 is 0 Å². The summed E-state index contributed by atoms with van der Waals surface area (Å²) < 4.78 is 0. The van der Waals surface area contributed by atoms with Crippen molar-refractivity contribution in [3.63, 3.8) is 0 Å². The van der Waals surface area contributed by atoms with Gasteiger partial charge in [0.2, 0.25) is 11.8 Å². The number of nitrogens with zero attached hydrogens (tertiary/aromatic N) is 2. The van der Waals surface area contributed by atoms with Crippen LogP contribution < -0.4 is 5.32 Å². The summed E-state index contributed by atoms with van der Waals surface area (Å²) in [7, 11) is 0. The zero-order valence-corrected chi connectivity index (χ0v) is 16.7. The zero-order chi connectivity index (χ0) is 20.4. The van der Waals surface area contributed by atoms with Crippen molar-refractivity contribution in [1.82, 2.24) is 9.80 Å². The Morgan fingerprint density at radius 3 is 2.48 bits per heavy atom. The Kier molecular flexibility index (Phi) is 5.53.